The molecule has 0 fully saturated rings. The predicted molar refractivity (Wildman–Crippen MR) is 79.4 cm³/mol. The van der Waals surface area contributed by atoms with Crippen LogP contribution in [-0.2, 0) is 17.6 Å². The number of carboxylic acid groups (broad SMARTS) is 1. The Balaban J connectivity index is 2.27. The summed E-state index contributed by atoms with van der Waals surface area (Å²) in [5.74, 6) is 0.0101. The summed E-state index contributed by atoms with van der Waals surface area (Å²) < 4.78 is 5.40. The minimum absolute atomic E-state index is 0.0396. The number of aromatic nitrogens is 1. The fraction of sp³-hybridized carbons (Fsp3) is 0.333. The normalized spacial score (nSPS) is 10.5. The molecule has 5 heteroatoms. The summed E-state index contributed by atoms with van der Waals surface area (Å²) in [5, 5.41) is 9.79. The second-order valence-corrected chi connectivity index (χ2v) is 5.35. The topological polar surface area (TPSA) is 59.4 Å². The van der Waals surface area contributed by atoms with E-state index in [1.807, 2.05) is 38.1 Å². The summed E-state index contributed by atoms with van der Waals surface area (Å²) in [4.78, 5) is 16.2. The SMILES string of the molecule is CCOc1ccc(-c2nc(CC)c(CC(=O)O)s2)cc1. The fourth-order valence-corrected chi connectivity index (χ4v) is 3.07. The predicted octanol–water partition coefficient (Wildman–Crippen LogP) is 3.40. The highest BCUT2D eigenvalue weighted by Crippen LogP contribution is 2.30. The van der Waals surface area contributed by atoms with Gasteiger partial charge in [0.1, 0.15) is 10.8 Å². The summed E-state index contributed by atoms with van der Waals surface area (Å²) in [6.45, 7) is 4.57. The summed E-state index contributed by atoms with van der Waals surface area (Å²) >= 11 is 1.45. The molecule has 0 atom stereocenters. The zero-order valence-corrected chi connectivity index (χ0v) is 12.4. The first-order chi connectivity index (χ1) is 9.63. The fourth-order valence-electron chi connectivity index (χ4n) is 1.92. The summed E-state index contributed by atoms with van der Waals surface area (Å²) in [7, 11) is 0. The molecule has 20 heavy (non-hydrogen) atoms. The second kappa shape index (κ2) is 6.52. The highest BCUT2D eigenvalue weighted by Gasteiger charge is 2.13. The molecule has 0 amide bonds. The van der Waals surface area contributed by atoms with Gasteiger partial charge in [-0.15, -0.1) is 11.3 Å². The van der Waals surface area contributed by atoms with Crippen molar-refractivity contribution in [2.24, 2.45) is 0 Å². The van der Waals surface area contributed by atoms with Gasteiger partial charge >= 0.3 is 5.97 Å². The largest absolute Gasteiger partial charge is 0.494 e. The van der Waals surface area contributed by atoms with Crippen molar-refractivity contribution in [1.29, 1.82) is 0 Å². The third-order valence-corrected chi connectivity index (χ3v) is 3.98. The Kier molecular flexibility index (Phi) is 4.74. The molecule has 1 heterocycles. The molecular weight excluding hydrogens is 274 g/mol. The van der Waals surface area contributed by atoms with Gasteiger partial charge < -0.3 is 9.84 Å². The number of carbonyl (C=O) groups is 1. The molecule has 1 N–H and O–H groups in total. The second-order valence-electron chi connectivity index (χ2n) is 4.27. The van der Waals surface area contributed by atoms with E-state index in [1.165, 1.54) is 11.3 Å². The molecule has 1 aromatic heterocycles. The maximum absolute atomic E-state index is 10.9. The zero-order chi connectivity index (χ0) is 14.5. The molecule has 0 spiro atoms. The van der Waals surface area contributed by atoms with Crippen molar-refractivity contribution in [2.75, 3.05) is 6.61 Å². The lowest BCUT2D eigenvalue weighted by Gasteiger charge is -2.02. The number of thiazole rings is 1. The number of hydrogen-bond donors (Lipinski definition) is 1. The molecule has 0 saturated heterocycles. The molecule has 0 aliphatic heterocycles. The van der Waals surface area contributed by atoms with Gasteiger partial charge in [0, 0.05) is 10.4 Å². The van der Waals surface area contributed by atoms with Gasteiger partial charge in [-0.05, 0) is 37.6 Å². The minimum atomic E-state index is -0.818. The number of carboxylic acids is 1. The number of ether oxygens (including phenoxy) is 1. The van der Waals surface area contributed by atoms with Crippen LogP contribution in [0.3, 0.4) is 0 Å². The smallest absolute Gasteiger partial charge is 0.308 e. The van der Waals surface area contributed by atoms with E-state index in [0.29, 0.717) is 6.61 Å². The van der Waals surface area contributed by atoms with Crippen LogP contribution in [0.15, 0.2) is 24.3 Å². The van der Waals surface area contributed by atoms with E-state index < -0.39 is 5.97 Å². The molecule has 0 radical (unpaired) electrons. The van der Waals surface area contributed by atoms with Crippen LogP contribution in [0, 0.1) is 0 Å². The summed E-state index contributed by atoms with van der Waals surface area (Å²) in [6, 6.07) is 7.72. The van der Waals surface area contributed by atoms with E-state index in [4.69, 9.17) is 9.84 Å². The molecule has 106 valence electrons. The van der Waals surface area contributed by atoms with Gasteiger partial charge in [0.05, 0.1) is 18.7 Å². The Hall–Kier alpha value is -1.88. The van der Waals surface area contributed by atoms with Crippen molar-refractivity contribution in [3.05, 3.63) is 34.8 Å². The molecule has 0 aliphatic carbocycles. The van der Waals surface area contributed by atoms with E-state index in [0.717, 1.165) is 33.3 Å². The molecule has 2 rings (SSSR count). The van der Waals surface area contributed by atoms with E-state index in [9.17, 15) is 4.79 Å². The Bertz CT molecular complexity index is 590. The molecule has 0 unspecified atom stereocenters. The van der Waals surface area contributed by atoms with Crippen molar-refractivity contribution < 1.29 is 14.6 Å². The summed E-state index contributed by atoms with van der Waals surface area (Å²) in [6.07, 6.45) is 0.786. The van der Waals surface area contributed by atoms with Crippen LogP contribution in [0.2, 0.25) is 0 Å². The monoisotopic (exact) mass is 291 g/mol. The maximum atomic E-state index is 10.9. The number of rotatable bonds is 6. The van der Waals surface area contributed by atoms with Crippen LogP contribution in [0.5, 0.6) is 5.75 Å². The highest BCUT2D eigenvalue weighted by atomic mass is 32.1. The number of aliphatic carboxylic acids is 1. The van der Waals surface area contributed by atoms with Gasteiger partial charge in [-0.2, -0.15) is 0 Å². The zero-order valence-electron chi connectivity index (χ0n) is 11.5. The van der Waals surface area contributed by atoms with Gasteiger partial charge in [-0.3, -0.25) is 4.79 Å². The molecule has 0 saturated carbocycles. The third-order valence-electron chi connectivity index (χ3n) is 2.84. The van der Waals surface area contributed by atoms with Gasteiger partial charge in [0.15, 0.2) is 0 Å². The first-order valence-electron chi connectivity index (χ1n) is 6.57. The van der Waals surface area contributed by atoms with E-state index in [-0.39, 0.29) is 6.42 Å². The molecular formula is C15H17NO3S. The average Bonchev–Trinajstić information content (AvgIpc) is 2.82. The first-order valence-corrected chi connectivity index (χ1v) is 7.39. The number of benzene rings is 1. The Morgan fingerprint density at radius 2 is 2.00 bits per heavy atom. The van der Waals surface area contributed by atoms with Crippen molar-refractivity contribution in [3.8, 4) is 16.3 Å². The third kappa shape index (κ3) is 3.36. The van der Waals surface area contributed by atoms with Gasteiger partial charge in [-0.1, -0.05) is 6.92 Å². The summed E-state index contributed by atoms with van der Waals surface area (Å²) in [5.41, 5.74) is 1.87. The molecule has 2 aromatic rings. The van der Waals surface area contributed by atoms with E-state index >= 15 is 0 Å². The van der Waals surface area contributed by atoms with Crippen molar-refractivity contribution in [2.45, 2.75) is 26.7 Å². The Morgan fingerprint density at radius 1 is 1.30 bits per heavy atom. The van der Waals surface area contributed by atoms with Crippen LogP contribution < -0.4 is 4.74 Å². The minimum Gasteiger partial charge on any atom is -0.494 e. The molecule has 0 aliphatic rings. The van der Waals surface area contributed by atoms with Crippen molar-refractivity contribution in [3.63, 3.8) is 0 Å². The number of nitrogens with zero attached hydrogens (tertiary/aromatic N) is 1. The standard InChI is InChI=1S/C15H17NO3S/c1-3-12-13(9-14(17)18)20-15(16-12)10-5-7-11(8-6-10)19-4-2/h5-8H,3-4,9H2,1-2H3,(H,17,18). The van der Waals surface area contributed by atoms with Crippen molar-refractivity contribution >= 4 is 17.3 Å². The van der Waals surface area contributed by atoms with Gasteiger partial charge in [0.2, 0.25) is 0 Å². The lowest BCUT2D eigenvalue weighted by Crippen LogP contribution is -2.00. The van der Waals surface area contributed by atoms with Crippen LogP contribution in [0.25, 0.3) is 10.6 Å². The van der Waals surface area contributed by atoms with Crippen LogP contribution in [0.4, 0.5) is 0 Å². The van der Waals surface area contributed by atoms with Crippen LogP contribution in [-0.4, -0.2) is 22.7 Å². The molecule has 4 nitrogen and oxygen atoms in total. The molecule has 0 bridgehead atoms. The Morgan fingerprint density at radius 3 is 2.55 bits per heavy atom. The Labute approximate surface area is 122 Å². The van der Waals surface area contributed by atoms with Gasteiger partial charge in [0.25, 0.3) is 0 Å². The number of hydrogen-bond acceptors (Lipinski definition) is 4. The van der Waals surface area contributed by atoms with Crippen LogP contribution in [0.1, 0.15) is 24.4 Å². The maximum Gasteiger partial charge on any atom is 0.308 e. The lowest BCUT2D eigenvalue weighted by atomic mass is 10.2. The van der Waals surface area contributed by atoms with Crippen molar-refractivity contribution in [1.82, 2.24) is 4.98 Å². The van der Waals surface area contributed by atoms with E-state index in [1.54, 1.807) is 0 Å². The quantitative estimate of drug-likeness (QED) is 0.886. The molecule has 1 aromatic carbocycles. The average molecular weight is 291 g/mol. The van der Waals surface area contributed by atoms with E-state index in [2.05, 4.69) is 4.98 Å². The number of aryl methyl sites for hydroxylation is 1. The highest BCUT2D eigenvalue weighted by molar-refractivity contribution is 7.15. The first kappa shape index (κ1) is 14.5. The van der Waals surface area contributed by atoms with Crippen LogP contribution >= 0.6 is 11.3 Å². The lowest BCUT2D eigenvalue weighted by molar-refractivity contribution is -0.136. The van der Waals surface area contributed by atoms with Gasteiger partial charge in [-0.25, -0.2) is 4.98 Å².